The zero-order valence-corrected chi connectivity index (χ0v) is 19.0. The van der Waals surface area contributed by atoms with Crippen molar-refractivity contribution in [2.75, 3.05) is 38.6 Å². The quantitative estimate of drug-likeness (QED) is 0.573. The summed E-state index contributed by atoms with van der Waals surface area (Å²) in [6.45, 7) is 3.23. The summed E-state index contributed by atoms with van der Waals surface area (Å²) in [6.07, 6.45) is 0.267. The van der Waals surface area contributed by atoms with E-state index < -0.39 is 0 Å². The third-order valence-corrected chi connectivity index (χ3v) is 6.27. The summed E-state index contributed by atoms with van der Waals surface area (Å²) in [7, 11) is 1.59. The molecule has 0 unspecified atom stereocenters. The Hall–Kier alpha value is -3.37. The van der Waals surface area contributed by atoms with Crippen LogP contribution in [0.15, 0.2) is 48.5 Å². The number of carbonyl (C=O) groups is 2. The molecular formula is C23H24FN5O3S. The van der Waals surface area contributed by atoms with Crippen LogP contribution in [0.3, 0.4) is 0 Å². The number of nitrogens with one attached hydrogen (secondary N) is 1. The zero-order valence-electron chi connectivity index (χ0n) is 18.2. The van der Waals surface area contributed by atoms with Crippen LogP contribution in [0.4, 0.5) is 10.1 Å². The predicted molar refractivity (Wildman–Crippen MR) is 123 cm³/mol. The maximum absolute atomic E-state index is 13.0. The fourth-order valence-electron chi connectivity index (χ4n) is 3.50. The molecule has 1 aromatic heterocycles. The molecule has 1 aliphatic heterocycles. The van der Waals surface area contributed by atoms with E-state index in [0.29, 0.717) is 49.2 Å². The molecule has 10 heteroatoms. The molecule has 1 fully saturated rings. The van der Waals surface area contributed by atoms with E-state index in [1.165, 1.54) is 23.5 Å². The number of aromatic nitrogens is 2. The van der Waals surface area contributed by atoms with E-state index >= 15 is 0 Å². The van der Waals surface area contributed by atoms with E-state index in [9.17, 15) is 14.0 Å². The van der Waals surface area contributed by atoms with Crippen molar-refractivity contribution in [1.29, 1.82) is 0 Å². The van der Waals surface area contributed by atoms with Gasteiger partial charge in [-0.2, -0.15) is 0 Å². The standard InChI is InChI=1S/C23H24FN5O3S/c1-32-19-8-6-18(7-9-19)25-22(31)23-27-26-20(33-23)15-28-10-12-29(13-11-28)21(30)14-16-2-4-17(24)5-3-16/h2-9H,10-15H2,1H3,(H,25,31). The SMILES string of the molecule is COc1ccc(NC(=O)c2nnc(CN3CCN(C(=O)Cc4ccc(F)cc4)CC3)s2)cc1. The van der Waals surface area contributed by atoms with Crippen molar-refractivity contribution < 1.29 is 18.7 Å². The minimum Gasteiger partial charge on any atom is -0.497 e. The Labute approximate surface area is 195 Å². The number of piperazine rings is 1. The normalized spacial score (nSPS) is 14.2. The summed E-state index contributed by atoms with van der Waals surface area (Å²) in [4.78, 5) is 29.0. The van der Waals surface area contributed by atoms with Gasteiger partial charge < -0.3 is 15.0 Å². The molecule has 172 valence electrons. The molecule has 8 nitrogen and oxygen atoms in total. The number of nitrogens with zero attached hydrogens (tertiary/aromatic N) is 4. The Kier molecular flexibility index (Phi) is 7.26. The van der Waals surface area contributed by atoms with E-state index in [-0.39, 0.29) is 24.1 Å². The molecule has 0 radical (unpaired) electrons. The van der Waals surface area contributed by atoms with Gasteiger partial charge in [-0.1, -0.05) is 23.5 Å². The van der Waals surface area contributed by atoms with Gasteiger partial charge >= 0.3 is 0 Å². The molecule has 2 amide bonds. The van der Waals surface area contributed by atoms with Crippen LogP contribution < -0.4 is 10.1 Å². The number of amides is 2. The number of halogens is 1. The van der Waals surface area contributed by atoms with Crippen molar-refractivity contribution in [1.82, 2.24) is 20.0 Å². The number of ether oxygens (including phenoxy) is 1. The van der Waals surface area contributed by atoms with Gasteiger partial charge in [-0.25, -0.2) is 4.39 Å². The number of methoxy groups -OCH3 is 1. The zero-order chi connectivity index (χ0) is 23.2. The monoisotopic (exact) mass is 469 g/mol. The highest BCUT2D eigenvalue weighted by molar-refractivity contribution is 7.13. The Bertz CT molecular complexity index is 1100. The number of hydrogen-bond acceptors (Lipinski definition) is 7. The summed E-state index contributed by atoms with van der Waals surface area (Å²) >= 11 is 1.26. The molecule has 2 heterocycles. The van der Waals surface area contributed by atoms with Gasteiger partial charge in [0.1, 0.15) is 16.6 Å². The molecule has 3 aromatic rings. The van der Waals surface area contributed by atoms with Crippen LogP contribution in [0.2, 0.25) is 0 Å². The first-order chi connectivity index (χ1) is 16.0. The first-order valence-electron chi connectivity index (χ1n) is 10.5. The Morgan fingerprint density at radius 1 is 1.03 bits per heavy atom. The maximum Gasteiger partial charge on any atom is 0.286 e. The fourth-order valence-corrected chi connectivity index (χ4v) is 4.28. The van der Waals surface area contributed by atoms with E-state index in [0.717, 1.165) is 10.6 Å². The Balaban J connectivity index is 1.24. The van der Waals surface area contributed by atoms with Crippen molar-refractivity contribution in [2.24, 2.45) is 0 Å². The number of carbonyl (C=O) groups excluding carboxylic acids is 2. The van der Waals surface area contributed by atoms with Crippen LogP contribution in [-0.2, 0) is 17.8 Å². The number of anilines is 1. The van der Waals surface area contributed by atoms with Crippen molar-refractivity contribution in [3.05, 3.63) is 69.9 Å². The Morgan fingerprint density at radius 3 is 2.39 bits per heavy atom. The van der Waals surface area contributed by atoms with Crippen LogP contribution in [0, 0.1) is 5.82 Å². The van der Waals surface area contributed by atoms with Crippen molar-refractivity contribution >= 4 is 28.8 Å². The third-order valence-electron chi connectivity index (χ3n) is 5.36. The largest absolute Gasteiger partial charge is 0.497 e. The second-order valence-corrected chi connectivity index (χ2v) is 8.71. The van der Waals surface area contributed by atoms with E-state index in [4.69, 9.17) is 4.74 Å². The molecule has 0 spiro atoms. The number of hydrogen-bond donors (Lipinski definition) is 1. The average Bonchev–Trinajstić information content (AvgIpc) is 3.30. The average molecular weight is 470 g/mol. The maximum atomic E-state index is 13.0. The van der Waals surface area contributed by atoms with E-state index in [1.54, 1.807) is 43.5 Å². The molecule has 0 bridgehead atoms. The summed E-state index contributed by atoms with van der Waals surface area (Å²) in [5.74, 6) is 0.135. The summed E-state index contributed by atoms with van der Waals surface area (Å²) in [5.41, 5.74) is 1.46. The second-order valence-electron chi connectivity index (χ2n) is 7.64. The highest BCUT2D eigenvalue weighted by atomic mass is 32.1. The summed E-state index contributed by atoms with van der Waals surface area (Å²) < 4.78 is 18.1. The highest BCUT2D eigenvalue weighted by Crippen LogP contribution is 2.18. The van der Waals surface area contributed by atoms with Gasteiger partial charge in [-0.15, -0.1) is 10.2 Å². The predicted octanol–water partition coefficient (Wildman–Crippen LogP) is 2.83. The molecule has 1 aliphatic rings. The first kappa shape index (κ1) is 22.8. The summed E-state index contributed by atoms with van der Waals surface area (Å²) in [5, 5.41) is 12.0. The van der Waals surface area contributed by atoms with Gasteiger partial charge in [0.05, 0.1) is 20.1 Å². The van der Waals surface area contributed by atoms with Gasteiger partial charge in [0.15, 0.2) is 0 Å². The van der Waals surface area contributed by atoms with E-state index in [1.807, 2.05) is 4.90 Å². The minimum absolute atomic E-state index is 0.0367. The smallest absolute Gasteiger partial charge is 0.286 e. The molecule has 4 rings (SSSR count). The van der Waals surface area contributed by atoms with Gasteiger partial charge in [0.25, 0.3) is 5.91 Å². The van der Waals surface area contributed by atoms with Crippen LogP contribution in [0.5, 0.6) is 5.75 Å². The molecule has 1 saturated heterocycles. The van der Waals surface area contributed by atoms with Crippen molar-refractivity contribution in [2.45, 2.75) is 13.0 Å². The topological polar surface area (TPSA) is 87.7 Å². The highest BCUT2D eigenvalue weighted by Gasteiger charge is 2.23. The fraction of sp³-hybridized carbons (Fsp3) is 0.304. The van der Waals surface area contributed by atoms with Crippen LogP contribution in [0.1, 0.15) is 20.4 Å². The number of benzene rings is 2. The Morgan fingerprint density at radius 2 is 1.73 bits per heavy atom. The summed E-state index contributed by atoms with van der Waals surface area (Å²) in [6, 6.07) is 13.1. The van der Waals surface area contributed by atoms with Crippen LogP contribution in [-0.4, -0.2) is 65.1 Å². The lowest BCUT2D eigenvalue weighted by molar-refractivity contribution is -0.132. The molecule has 33 heavy (non-hydrogen) atoms. The third kappa shape index (κ3) is 6.11. The van der Waals surface area contributed by atoms with Crippen LogP contribution in [0.25, 0.3) is 0 Å². The number of rotatable bonds is 7. The molecular weight excluding hydrogens is 445 g/mol. The molecule has 0 atom stereocenters. The molecule has 0 saturated carbocycles. The minimum atomic E-state index is -0.308. The van der Waals surface area contributed by atoms with Gasteiger partial charge in [-0.3, -0.25) is 14.5 Å². The first-order valence-corrected chi connectivity index (χ1v) is 11.3. The van der Waals surface area contributed by atoms with E-state index in [2.05, 4.69) is 20.4 Å². The van der Waals surface area contributed by atoms with Crippen molar-refractivity contribution in [3.63, 3.8) is 0 Å². The molecule has 1 N–H and O–H groups in total. The van der Waals surface area contributed by atoms with Gasteiger partial charge in [0, 0.05) is 31.9 Å². The lowest BCUT2D eigenvalue weighted by Crippen LogP contribution is -2.48. The lowest BCUT2D eigenvalue weighted by Gasteiger charge is -2.34. The molecule has 0 aliphatic carbocycles. The molecule has 2 aromatic carbocycles. The van der Waals surface area contributed by atoms with Gasteiger partial charge in [0.2, 0.25) is 10.9 Å². The second kappa shape index (κ2) is 10.5. The lowest BCUT2D eigenvalue weighted by atomic mass is 10.1. The van der Waals surface area contributed by atoms with Crippen LogP contribution >= 0.6 is 11.3 Å². The van der Waals surface area contributed by atoms with Gasteiger partial charge in [-0.05, 0) is 42.0 Å². The van der Waals surface area contributed by atoms with Crippen molar-refractivity contribution in [3.8, 4) is 5.75 Å².